The number of pyridine rings is 1. The summed E-state index contributed by atoms with van der Waals surface area (Å²) in [6, 6.07) is 4.22. The summed E-state index contributed by atoms with van der Waals surface area (Å²) in [7, 11) is 0. The fourth-order valence-electron chi connectivity index (χ4n) is 2.16. The second-order valence-corrected chi connectivity index (χ2v) is 4.46. The predicted molar refractivity (Wildman–Crippen MR) is 80.6 cm³/mol. The molecule has 1 aromatic heterocycles. The molecule has 0 amide bonds. The van der Waals surface area contributed by atoms with Crippen molar-refractivity contribution in [3.8, 4) is 0 Å². The Balaban J connectivity index is 2.66. The molecular formula is C15H27N3O2. The van der Waals surface area contributed by atoms with Gasteiger partial charge in [-0.15, -0.1) is 0 Å². The van der Waals surface area contributed by atoms with Crippen LogP contribution in [0.3, 0.4) is 0 Å². The van der Waals surface area contributed by atoms with Gasteiger partial charge in [-0.1, -0.05) is 0 Å². The Morgan fingerprint density at radius 3 is 2.10 bits per heavy atom. The maximum Gasteiger partial charge on any atom is 0.0593 e. The van der Waals surface area contributed by atoms with E-state index in [0.717, 1.165) is 26.3 Å². The Morgan fingerprint density at radius 2 is 1.65 bits per heavy atom. The highest BCUT2D eigenvalue weighted by Crippen LogP contribution is 2.18. The van der Waals surface area contributed by atoms with Crippen molar-refractivity contribution >= 4 is 0 Å². The van der Waals surface area contributed by atoms with E-state index in [9.17, 15) is 0 Å². The van der Waals surface area contributed by atoms with Crippen molar-refractivity contribution in [3.05, 3.63) is 30.1 Å². The molecule has 0 radical (unpaired) electrons. The molecule has 0 bridgehead atoms. The molecule has 1 atom stereocenters. The Morgan fingerprint density at radius 1 is 1.10 bits per heavy atom. The van der Waals surface area contributed by atoms with E-state index in [1.165, 1.54) is 5.56 Å². The van der Waals surface area contributed by atoms with Gasteiger partial charge in [-0.05, 0) is 31.5 Å². The minimum absolute atomic E-state index is 0.180. The van der Waals surface area contributed by atoms with E-state index >= 15 is 0 Å². The first-order valence-electron chi connectivity index (χ1n) is 7.33. The zero-order chi connectivity index (χ0) is 14.6. The summed E-state index contributed by atoms with van der Waals surface area (Å²) in [5.74, 6) is 0. The predicted octanol–water partition coefficient (Wildman–Crippen LogP) is 1.46. The number of hydrogen-bond acceptors (Lipinski definition) is 5. The summed E-state index contributed by atoms with van der Waals surface area (Å²) < 4.78 is 10.9. The molecule has 5 heteroatoms. The summed E-state index contributed by atoms with van der Waals surface area (Å²) in [4.78, 5) is 6.38. The number of ether oxygens (including phenoxy) is 2. The van der Waals surface area contributed by atoms with Crippen molar-refractivity contribution < 1.29 is 9.47 Å². The third kappa shape index (κ3) is 5.96. The van der Waals surface area contributed by atoms with E-state index in [0.29, 0.717) is 19.8 Å². The molecule has 0 aliphatic carbocycles. The SMILES string of the molecule is CCOCCN(CCOCC)C(CN)c1ccncc1. The van der Waals surface area contributed by atoms with E-state index < -0.39 is 0 Å². The van der Waals surface area contributed by atoms with Gasteiger partial charge >= 0.3 is 0 Å². The molecule has 0 saturated heterocycles. The molecule has 2 N–H and O–H groups in total. The van der Waals surface area contributed by atoms with Crippen LogP contribution in [0.2, 0.25) is 0 Å². The highest BCUT2D eigenvalue weighted by atomic mass is 16.5. The molecule has 0 aliphatic rings. The van der Waals surface area contributed by atoms with E-state index in [1.807, 2.05) is 26.0 Å². The van der Waals surface area contributed by atoms with Crippen LogP contribution in [0.5, 0.6) is 0 Å². The van der Waals surface area contributed by atoms with Crippen LogP contribution in [0.4, 0.5) is 0 Å². The standard InChI is InChI=1S/C15H27N3O2/c1-3-19-11-9-18(10-12-20-4-2)15(13-16)14-5-7-17-8-6-14/h5-8,15H,3-4,9-13,16H2,1-2H3. The summed E-state index contributed by atoms with van der Waals surface area (Å²) in [5.41, 5.74) is 7.16. The number of nitrogens with zero attached hydrogens (tertiary/aromatic N) is 2. The van der Waals surface area contributed by atoms with Gasteiger partial charge < -0.3 is 15.2 Å². The molecule has 114 valence electrons. The van der Waals surface area contributed by atoms with Gasteiger partial charge in [-0.3, -0.25) is 9.88 Å². The van der Waals surface area contributed by atoms with Crippen LogP contribution in [-0.2, 0) is 9.47 Å². The highest BCUT2D eigenvalue weighted by molar-refractivity contribution is 5.15. The van der Waals surface area contributed by atoms with Crippen LogP contribution in [0, 0.1) is 0 Å². The quantitative estimate of drug-likeness (QED) is 0.622. The van der Waals surface area contributed by atoms with E-state index in [2.05, 4.69) is 9.88 Å². The smallest absolute Gasteiger partial charge is 0.0593 e. The first-order valence-corrected chi connectivity index (χ1v) is 7.33. The lowest BCUT2D eigenvalue weighted by atomic mass is 10.1. The average Bonchev–Trinajstić information content (AvgIpc) is 2.49. The molecule has 0 fully saturated rings. The summed E-state index contributed by atoms with van der Waals surface area (Å²) in [5, 5.41) is 0. The molecule has 1 heterocycles. The molecule has 1 aromatic rings. The van der Waals surface area contributed by atoms with Crippen LogP contribution in [0.25, 0.3) is 0 Å². The maximum absolute atomic E-state index is 5.97. The first kappa shape index (κ1) is 17.0. The molecule has 20 heavy (non-hydrogen) atoms. The molecule has 1 unspecified atom stereocenters. The zero-order valence-corrected chi connectivity index (χ0v) is 12.6. The highest BCUT2D eigenvalue weighted by Gasteiger charge is 2.18. The minimum Gasteiger partial charge on any atom is -0.380 e. The maximum atomic E-state index is 5.97. The third-order valence-corrected chi connectivity index (χ3v) is 3.21. The third-order valence-electron chi connectivity index (χ3n) is 3.21. The van der Waals surface area contributed by atoms with Gasteiger partial charge in [0, 0.05) is 51.3 Å². The van der Waals surface area contributed by atoms with Gasteiger partial charge in [-0.2, -0.15) is 0 Å². The number of rotatable bonds is 11. The zero-order valence-electron chi connectivity index (χ0n) is 12.6. The van der Waals surface area contributed by atoms with Gasteiger partial charge in [0.15, 0.2) is 0 Å². The Bertz CT molecular complexity index is 325. The lowest BCUT2D eigenvalue weighted by Crippen LogP contribution is -2.38. The Labute approximate surface area is 122 Å². The van der Waals surface area contributed by atoms with Gasteiger partial charge in [0.25, 0.3) is 0 Å². The largest absolute Gasteiger partial charge is 0.380 e. The van der Waals surface area contributed by atoms with Crippen LogP contribution < -0.4 is 5.73 Å². The fourth-order valence-corrected chi connectivity index (χ4v) is 2.16. The second kappa shape index (κ2) is 10.7. The van der Waals surface area contributed by atoms with Crippen molar-refractivity contribution in [1.82, 2.24) is 9.88 Å². The van der Waals surface area contributed by atoms with E-state index in [1.54, 1.807) is 12.4 Å². The topological polar surface area (TPSA) is 60.6 Å². The van der Waals surface area contributed by atoms with Gasteiger partial charge in [-0.25, -0.2) is 0 Å². The lowest BCUT2D eigenvalue weighted by Gasteiger charge is -2.31. The van der Waals surface area contributed by atoms with E-state index in [4.69, 9.17) is 15.2 Å². The number of aromatic nitrogens is 1. The van der Waals surface area contributed by atoms with Crippen molar-refractivity contribution in [3.63, 3.8) is 0 Å². The van der Waals surface area contributed by atoms with Crippen LogP contribution in [0.1, 0.15) is 25.5 Å². The van der Waals surface area contributed by atoms with Gasteiger partial charge in [0.2, 0.25) is 0 Å². The monoisotopic (exact) mass is 281 g/mol. The average molecular weight is 281 g/mol. The number of hydrogen-bond donors (Lipinski definition) is 1. The van der Waals surface area contributed by atoms with Crippen molar-refractivity contribution in [2.45, 2.75) is 19.9 Å². The van der Waals surface area contributed by atoms with Gasteiger partial charge in [0.1, 0.15) is 0 Å². The molecule has 0 aromatic carbocycles. The minimum atomic E-state index is 0.180. The summed E-state index contributed by atoms with van der Waals surface area (Å²) in [6.07, 6.45) is 3.61. The molecule has 0 saturated carbocycles. The summed E-state index contributed by atoms with van der Waals surface area (Å²) >= 11 is 0. The van der Waals surface area contributed by atoms with Crippen LogP contribution >= 0.6 is 0 Å². The van der Waals surface area contributed by atoms with Gasteiger partial charge in [0.05, 0.1) is 13.2 Å². The lowest BCUT2D eigenvalue weighted by molar-refractivity contribution is 0.0640. The number of nitrogens with two attached hydrogens (primary N) is 1. The molecule has 1 rings (SSSR count). The van der Waals surface area contributed by atoms with E-state index in [-0.39, 0.29) is 6.04 Å². The summed E-state index contributed by atoms with van der Waals surface area (Å²) in [6.45, 7) is 9.19. The molecule has 0 aliphatic heterocycles. The first-order chi connectivity index (χ1) is 9.83. The van der Waals surface area contributed by atoms with Crippen molar-refractivity contribution in [2.24, 2.45) is 5.73 Å². The molecular weight excluding hydrogens is 254 g/mol. The Kier molecular flexibility index (Phi) is 9.15. The van der Waals surface area contributed by atoms with Crippen LogP contribution in [0.15, 0.2) is 24.5 Å². The molecule has 5 nitrogen and oxygen atoms in total. The van der Waals surface area contributed by atoms with Crippen molar-refractivity contribution in [2.75, 3.05) is 46.1 Å². The fraction of sp³-hybridized carbons (Fsp3) is 0.667. The van der Waals surface area contributed by atoms with Crippen molar-refractivity contribution in [1.29, 1.82) is 0 Å². The second-order valence-electron chi connectivity index (χ2n) is 4.46. The Hall–Kier alpha value is -1.01. The normalized spacial score (nSPS) is 12.8. The molecule has 0 spiro atoms. The van der Waals surface area contributed by atoms with Crippen LogP contribution in [-0.4, -0.2) is 55.9 Å².